The molecular weight excluding hydrogens is 338 g/mol. The zero-order chi connectivity index (χ0) is 17.4. The van der Waals surface area contributed by atoms with Crippen LogP contribution in [0.5, 0.6) is 0 Å². The molecule has 7 nitrogen and oxygen atoms in total. The number of carbonyl (C=O) groups excluding carboxylic acids is 1. The van der Waals surface area contributed by atoms with Crippen molar-refractivity contribution < 1.29 is 9.53 Å². The molecule has 3 fully saturated rings. The zero-order valence-corrected chi connectivity index (χ0v) is 15.8. The van der Waals surface area contributed by atoms with Crippen molar-refractivity contribution in [1.29, 1.82) is 0 Å². The van der Waals surface area contributed by atoms with E-state index in [1.807, 2.05) is 4.90 Å². The maximum absolute atomic E-state index is 12.7. The molecule has 8 heteroatoms. The van der Waals surface area contributed by atoms with Gasteiger partial charge in [-0.05, 0) is 39.5 Å². The molecule has 3 atom stereocenters. The fraction of sp³-hybridized carbons (Fsp3) is 0.824. The summed E-state index contributed by atoms with van der Waals surface area (Å²) < 4.78 is 5.81. The number of aromatic nitrogens is 2. The lowest BCUT2D eigenvalue weighted by Gasteiger charge is -2.38. The standard InChI is InChI=1S/C17H27N5O2S/c1-11-8-21(9-12(2)24-11)10-14-4-3-7-22(14)17(23)18-16-20-19-15(25-16)13-5-6-13/h11-14H,3-10H2,1-2H3,(H,18,20,23)/t11-,12+,14-/m1/s1. The van der Waals surface area contributed by atoms with Crippen LogP contribution < -0.4 is 5.32 Å². The summed E-state index contributed by atoms with van der Waals surface area (Å²) in [6.07, 6.45) is 5.05. The maximum atomic E-state index is 12.7. The quantitative estimate of drug-likeness (QED) is 0.888. The molecule has 3 aliphatic rings. The smallest absolute Gasteiger partial charge is 0.323 e. The number of hydrogen-bond acceptors (Lipinski definition) is 6. The van der Waals surface area contributed by atoms with Crippen LogP contribution in [0.4, 0.5) is 9.93 Å². The van der Waals surface area contributed by atoms with Gasteiger partial charge in [-0.2, -0.15) is 0 Å². The van der Waals surface area contributed by atoms with Crippen molar-refractivity contribution in [2.45, 2.75) is 63.7 Å². The third-order valence-corrected chi connectivity index (χ3v) is 6.18. The van der Waals surface area contributed by atoms with E-state index in [2.05, 4.69) is 34.3 Å². The van der Waals surface area contributed by atoms with Crippen LogP contribution in [0.15, 0.2) is 0 Å². The van der Waals surface area contributed by atoms with Crippen LogP contribution in [-0.4, -0.2) is 70.5 Å². The number of carbonyl (C=O) groups is 1. The molecule has 25 heavy (non-hydrogen) atoms. The summed E-state index contributed by atoms with van der Waals surface area (Å²) in [6, 6.07) is 0.240. The molecular formula is C17H27N5O2S. The van der Waals surface area contributed by atoms with Gasteiger partial charge in [-0.3, -0.25) is 10.2 Å². The molecule has 1 saturated carbocycles. The Bertz CT molecular complexity index is 610. The van der Waals surface area contributed by atoms with Crippen molar-refractivity contribution in [2.75, 3.05) is 31.5 Å². The van der Waals surface area contributed by atoms with Crippen LogP contribution in [0.2, 0.25) is 0 Å². The van der Waals surface area contributed by atoms with E-state index < -0.39 is 0 Å². The topological polar surface area (TPSA) is 70.6 Å². The van der Waals surface area contributed by atoms with Crippen molar-refractivity contribution in [1.82, 2.24) is 20.0 Å². The molecule has 2 saturated heterocycles. The van der Waals surface area contributed by atoms with Crippen molar-refractivity contribution in [3.8, 4) is 0 Å². The summed E-state index contributed by atoms with van der Waals surface area (Å²) in [5.41, 5.74) is 0. The molecule has 3 heterocycles. The van der Waals surface area contributed by atoms with E-state index in [0.717, 1.165) is 44.0 Å². The maximum Gasteiger partial charge on any atom is 0.323 e. The summed E-state index contributed by atoms with van der Waals surface area (Å²) in [5.74, 6) is 0.577. The van der Waals surface area contributed by atoms with Gasteiger partial charge in [0, 0.05) is 38.1 Å². The summed E-state index contributed by atoms with van der Waals surface area (Å²) in [7, 11) is 0. The third kappa shape index (κ3) is 4.12. The van der Waals surface area contributed by atoms with Gasteiger partial charge in [0.2, 0.25) is 5.13 Å². The Morgan fingerprint density at radius 1 is 1.24 bits per heavy atom. The van der Waals surface area contributed by atoms with E-state index in [9.17, 15) is 4.79 Å². The molecule has 4 rings (SSSR count). The molecule has 0 radical (unpaired) electrons. The van der Waals surface area contributed by atoms with Gasteiger partial charge in [0.1, 0.15) is 5.01 Å². The normalized spacial score (nSPS) is 30.6. The molecule has 1 aliphatic carbocycles. The van der Waals surface area contributed by atoms with Crippen LogP contribution in [0.3, 0.4) is 0 Å². The van der Waals surface area contributed by atoms with E-state index in [0.29, 0.717) is 11.0 Å². The first kappa shape index (κ1) is 17.2. The van der Waals surface area contributed by atoms with Gasteiger partial charge in [-0.1, -0.05) is 11.3 Å². The van der Waals surface area contributed by atoms with Gasteiger partial charge < -0.3 is 9.64 Å². The fourth-order valence-corrected chi connectivity index (χ4v) is 4.87. The van der Waals surface area contributed by atoms with Gasteiger partial charge in [-0.15, -0.1) is 10.2 Å². The SMILES string of the molecule is C[C@@H]1CN(C[C@H]2CCCN2C(=O)Nc2nnc(C3CC3)s2)C[C@H](C)O1. The van der Waals surface area contributed by atoms with Gasteiger partial charge in [0.25, 0.3) is 0 Å². The average molecular weight is 366 g/mol. The Labute approximate surface area is 152 Å². The number of nitrogens with one attached hydrogen (secondary N) is 1. The van der Waals surface area contributed by atoms with E-state index >= 15 is 0 Å². The largest absolute Gasteiger partial charge is 0.373 e. The third-order valence-electron chi connectivity index (χ3n) is 5.18. The highest BCUT2D eigenvalue weighted by Crippen LogP contribution is 2.42. The van der Waals surface area contributed by atoms with Crippen LogP contribution in [0, 0.1) is 0 Å². The van der Waals surface area contributed by atoms with Crippen molar-refractivity contribution in [3.05, 3.63) is 5.01 Å². The van der Waals surface area contributed by atoms with Gasteiger partial charge >= 0.3 is 6.03 Å². The minimum atomic E-state index is -0.0321. The number of amides is 2. The Hall–Kier alpha value is -1.25. The van der Waals surface area contributed by atoms with E-state index in [4.69, 9.17) is 4.74 Å². The molecule has 0 aromatic carbocycles. The lowest BCUT2D eigenvalue weighted by atomic mass is 10.1. The highest BCUT2D eigenvalue weighted by Gasteiger charge is 2.33. The van der Waals surface area contributed by atoms with Crippen molar-refractivity contribution in [3.63, 3.8) is 0 Å². The first-order valence-corrected chi connectivity index (χ1v) is 10.2. The number of nitrogens with zero attached hydrogens (tertiary/aromatic N) is 4. The fourth-order valence-electron chi connectivity index (χ4n) is 3.97. The number of anilines is 1. The summed E-state index contributed by atoms with van der Waals surface area (Å²) in [6.45, 7) is 7.87. The lowest BCUT2D eigenvalue weighted by Crippen LogP contribution is -2.51. The number of likely N-dealkylation sites (tertiary alicyclic amines) is 1. The molecule has 2 amide bonds. The molecule has 0 spiro atoms. The van der Waals surface area contributed by atoms with E-state index in [-0.39, 0.29) is 24.3 Å². The molecule has 1 aromatic rings. The highest BCUT2D eigenvalue weighted by atomic mass is 32.1. The van der Waals surface area contributed by atoms with Crippen LogP contribution in [-0.2, 0) is 4.74 Å². The van der Waals surface area contributed by atoms with Gasteiger partial charge in [0.05, 0.1) is 12.2 Å². The second-order valence-corrected chi connectivity index (χ2v) is 8.62. The first-order valence-electron chi connectivity index (χ1n) is 9.37. The molecule has 138 valence electrons. The highest BCUT2D eigenvalue weighted by molar-refractivity contribution is 7.15. The van der Waals surface area contributed by atoms with Gasteiger partial charge in [-0.25, -0.2) is 4.79 Å². The van der Waals surface area contributed by atoms with Crippen LogP contribution >= 0.6 is 11.3 Å². The minimum Gasteiger partial charge on any atom is -0.373 e. The number of morpholine rings is 1. The summed E-state index contributed by atoms with van der Waals surface area (Å²) in [5, 5.41) is 13.0. The monoisotopic (exact) mass is 365 g/mol. The number of hydrogen-bond donors (Lipinski definition) is 1. The second-order valence-electron chi connectivity index (χ2n) is 7.62. The predicted molar refractivity (Wildman–Crippen MR) is 97.1 cm³/mol. The zero-order valence-electron chi connectivity index (χ0n) is 15.0. The Kier molecular flexibility index (Phi) is 4.92. The van der Waals surface area contributed by atoms with Crippen LogP contribution in [0.25, 0.3) is 0 Å². The molecule has 1 N–H and O–H groups in total. The van der Waals surface area contributed by atoms with E-state index in [1.165, 1.54) is 24.2 Å². The van der Waals surface area contributed by atoms with Crippen molar-refractivity contribution in [2.24, 2.45) is 0 Å². The van der Waals surface area contributed by atoms with Gasteiger partial charge in [0.15, 0.2) is 0 Å². The lowest BCUT2D eigenvalue weighted by molar-refractivity contribution is -0.0712. The molecule has 0 unspecified atom stereocenters. The average Bonchev–Trinajstić information content (AvgIpc) is 3.12. The van der Waals surface area contributed by atoms with Crippen LogP contribution in [0.1, 0.15) is 50.5 Å². The van der Waals surface area contributed by atoms with Crippen molar-refractivity contribution >= 4 is 22.5 Å². The Morgan fingerprint density at radius 3 is 2.72 bits per heavy atom. The second kappa shape index (κ2) is 7.17. The van der Waals surface area contributed by atoms with E-state index in [1.54, 1.807) is 0 Å². The Balaban J connectivity index is 1.34. The molecule has 1 aromatic heterocycles. The summed E-state index contributed by atoms with van der Waals surface area (Å²) in [4.78, 5) is 17.1. The predicted octanol–water partition coefficient (Wildman–Crippen LogP) is 2.52. The number of rotatable bonds is 4. The first-order chi connectivity index (χ1) is 12.1. The minimum absolute atomic E-state index is 0.0321. The Morgan fingerprint density at radius 2 is 2.00 bits per heavy atom. The number of ether oxygens (including phenoxy) is 1. The summed E-state index contributed by atoms with van der Waals surface area (Å²) >= 11 is 1.52. The molecule has 0 bridgehead atoms. The number of urea groups is 1. The molecule has 2 aliphatic heterocycles.